The molecule has 0 aliphatic carbocycles. The molecule has 0 radical (unpaired) electrons. The Labute approximate surface area is 253 Å². The summed E-state index contributed by atoms with van der Waals surface area (Å²) < 4.78 is 40.7. The summed E-state index contributed by atoms with van der Waals surface area (Å²) in [5, 5.41) is 20.0. The van der Waals surface area contributed by atoms with Gasteiger partial charge >= 0.3 is 29.6 Å². The number of rotatable bonds is 8. The van der Waals surface area contributed by atoms with Crippen molar-refractivity contribution in [1.29, 1.82) is 0 Å². The molecule has 0 saturated carbocycles. The van der Waals surface area contributed by atoms with Crippen LogP contribution in [0.2, 0.25) is 0 Å². The molecule has 1 unspecified atom stereocenters. The van der Waals surface area contributed by atoms with Crippen molar-refractivity contribution in [3.63, 3.8) is 0 Å². The minimum absolute atomic E-state index is 0. The Bertz CT molecular complexity index is 1440. The molecule has 0 saturated heterocycles. The first-order valence-corrected chi connectivity index (χ1v) is 12.6. The third-order valence-electron chi connectivity index (χ3n) is 5.52. The van der Waals surface area contributed by atoms with Gasteiger partial charge in [0.05, 0.1) is 19.0 Å². The molecule has 1 aliphatic heterocycles. The van der Waals surface area contributed by atoms with Crippen LogP contribution in [0, 0.1) is 5.82 Å². The average Bonchev–Trinajstić information content (AvgIpc) is 2.81. The molecular weight excluding hydrogens is 561 g/mol. The van der Waals surface area contributed by atoms with Crippen LogP contribution in [-0.4, -0.2) is 55.4 Å². The van der Waals surface area contributed by atoms with Gasteiger partial charge < -0.3 is 30.9 Å². The second kappa shape index (κ2) is 12.8. The Hall–Kier alpha value is -2.84. The summed E-state index contributed by atoms with van der Waals surface area (Å²) in [7, 11) is -3.85. The standard InChI is InChI=1S/C23H24FN4O9P.CH4.Na.H/c1-23(2)22(31)28(11-36-38(32,33)34)21-18(37-23)5-4-13(26-21)9-15-14(24)10-25-19(27-15)8-12-6-16(29)20(35-3)17(30)7-12;;;/h4-7,10,29-30H,8-9,11H2,1-3H3,(H2,32,33,34);1H4;;/q;;+1;-1/p-1. The molecule has 1 aliphatic rings. The molecule has 4 rings (SSSR count). The molecule has 0 bridgehead atoms. The monoisotopic (exact) mass is 589 g/mol. The molecule has 13 nitrogen and oxygen atoms in total. The van der Waals surface area contributed by atoms with Crippen LogP contribution in [0.25, 0.3) is 0 Å². The van der Waals surface area contributed by atoms with E-state index in [2.05, 4.69) is 19.5 Å². The zero-order valence-corrected chi connectivity index (χ0v) is 24.3. The normalized spacial score (nSPS) is 15.2. The number of fused-ring (bicyclic) bond motifs is 1. The van der Waals surface area contributed by atoms with Crippen LogP contribution in [0.5, 0.6) is 23.0 Å². The summed E-state index contributed by atoms with van der Waals surface area (Å²) >= 11 is 0. The maximum atomic E-state index is 14.6. The topological polar surface area (TPSA) is 187 Å². The second-order valence-corrected chi connectivity index (χ2v) is 9.99. The van der Waals surface area contributed by atoms with E-state index in [-0.39, 0.29) is 97.3 Å². The quantitative estimate of drug-likeness (QED) is 0.222. The van der Waals surface area contributed by atoms with Gasteiger partial charge in [-0.1, -0.05) is 7.43 Å². The third-order valence-corrected chi connectivity index (χ3v) is 5.96. The number of phosphoric acid groups is 1. The number of hydrogen-bond donors (Lipinski definition) is 3. The number of carbonyl (C=O) groups is 1. The van der Waals surface area contributed by atoms with Crippen molar-refractivity contribution in [2.75, 3.05) is 18.7 Å². The molecule has 16 heteroatoms. The van der Waals surface area contributed by atoms with Crippen LogP contribution < -0.4 is 48.8 Å². The fraction of sp³-hybridized carbons (Fsp3) is 0.333. The fourth-order valence-electron chi connectivity index (χ4n) is 3.81. The summed E-state index contributed by atoms with van der Waals surface area (Å²) in [6, 6.07) is 5.73. The Morgan fingerprint density at radius 2 is 1.85 bits per heavy atom. The molecular formula is C24H28FN4NaO9P-. The summed E-state index contributed by atoms with van der Waals surface area (Å²) in [6.07, 6.45) is 0.886. The van der Waals surface area contributed by atoms with Gasteiger partial charge in [-0.05, 0) is 43.7 Å². The molecule has 212 valence electrons. The van der Waals surface area contributed by atoms with Crippen molar-refractivity contribution in [1.82, 2.24) is 15.0 Å². The van der Waals surface area contributed by atoms with Gasteiger partial charge in [0.2, 0.25) is 5.75 Å². The maximum Gasteiger partial charge on any atom is 1.00 e. The van der Waals surface area contributed by atoms with Gasteiger partial charge in [0, 0.05) is 18.5 Å². The SMILES string of the molecule is C.COc1c(O)cc(Cc2ncc(F)c(Cc3ccc4c(n3)N(COP(=O)([O-])O)C(=O)C(C)(C)O4)n2)cc1O.[H-].[Na+]. The number of benzene rings is 1. The van der Waals surface area contributed by atoms with Crippen LogP contribution in [0.3, 0.4) is 0 Å². The number of ether oxygens (including phenoxy) is 2. The van der Waals surface area contributed by atoms with Gasteiger partial charge in [-0.15, -0.1) is 0 Å². The van der Waals surface area contributed by atoms with E-state index in [1.165, 1.54) is 45.2 Å². The van der Waals surface area contributed by atoms with Crippen molar-refractivity contribution in [2.24, 2.45) is 0 Å². The predicted molar refractivity (Wildman–Crippen MR) is 134 cm³/mol. The Kier molecular flexibility index (Phi) is 10.7. The maximum absolute atomic E-state index is 14.6. The number of carbonyl (C=O) groups excluding carboxylic acids is 1. The number of aromatic nitrogens is 3. The molecule has 1 aromatic carbocycles. The number of nitrogens with zero attached hydrogens (tertiary/aromatic N) is 4. The molecule has 1 amide bonds. The fourth-order valence-corrected chi connectivity index (χ4v) is 4.07. The number of methoxy groups -OCH3 is 1. The second-order valence-electron chi connectivity index (χ2n) is 8.80. The van der Waals surface area contributed by atoms with Crippen LogP contribution in [-0.2, 0) is 26.7 Å². The van der Waals surface area contributed by atoms with E-state index >= 15 is 0 Å². The van der Waals surface area contributed by atoms with Crippen molar-refractivity contribution >= 4 is 19.5 Å². The number of phenolic OH excluding ortho intramolecular Hbond substituents is 2. The smallest absolute Gasteiger partial charge is 1.00 e. The molecule has 3 heterocycles. The van der Waals surface area contributed by atoms with E-state index < -0.39 is 31.9 Å². The Morgan fingerprint density at radius 3 is 2.45 bits per heavy atom. The first kappa shape index (κ1) is 33.4. The van der Waals surface area contributed by atoms with Crippen LogP contribution >= 0.6 is 7.82 Å². The largest absolute Gasteiger partial charge is 1.00 e. The number of halogens is 1. The minimum atomic E-state index is -5.15. The molecule has 0 fully saturated rings. The van der Waals surface area contributed by atoms with Crippen LogP contribution in [0.4, 0.5) is 10.2 Å². The first-order valence-electron chi connectivity index (χ1n) is 11.1. The van der Waals surface area contributed by atoms with Gasteiger partial charge in [0.15, 0.2) is 34.5 Å². The van der Waals surface area contributed by atoms with Gasteiger partial charge in [0.25, 0.3) is 13.7 Å². The van der Waals surface area contributed by atoms with Gasteiger partial charge in [-0.3, -0.25) is 18.8 Å². The van der Waals surface area contributed by atoms with E-state index in [4.69, 9.17) is 14.4 Å². The molecule has 1 atom stereocenters. The number of phosphoric ester groups is 1. The summed E-state index contributed by atoms with van der Waals surface area (Å²) in [6.45, 7) is 2.09. The zero-order valence-electron chi connectivity index (χ0n) is 22.4. The van der Waals surface area contributed by atoms with E-state index in [0.717, 1.165) is 11.1 Å². The van der Waals surface area contributed by atoms with Gasteiger partial charge in [-0.2, -0.15) is 0 Å². The first-order chi connectivity index (χ1) is 17.8. The molecule has 3 aromatic rings. The number of phenols is 2. The van der Waals surface area contributed by atoms with Gasteiger partial charge in [0.1, 0.15) is 12.6 Å². The van der Waals surface area contributed by atoms with E-state index in [1.807, 2.05) is 0 Å². The third kappa shape index (κ3) is 7.46. The van der Waals surface area contributed by atoms with Crippen molar-refractivity contribution in [3.05, 3.63) is 59.1 Å². The molecule has 40 heavy (non-hydrogen) atoms. The number of anilines is 1. The van der Waals surface area contributed by atoms with E-state index in [0.29, 0.717) is 5.56 Å². The minimum Gasteiger partial charge on any atom is -1.00 e. The summed E-state index contributed by atoms with van der Waals surface area (Å²) in [5.74, 6) is -1.82. The van der Waals surface area contributed by atoms with E-state index in [1.54, 1.807) is 0 Å². The summed E-state index contributed by atoms with van der Waals surface area (Å²) in [5.41, 5.74) is -0.712. The number of hydrogen-bond acceptors (Lipinski definition) is 11. The molecule has 0 spiro atoms. The van der Waals surface area contributed by atoms with Crippen LogP contribution in [0.1, 0.15) is 45.5 Å². The average molecular weight is 589 g/mol. The van der Waals surface area contributed by atoms with Crippen LogP contribution in [0.15, 0.2) is 30.5 Å². The van der Waals surface area contributed by atoms with Crippen molar-refractivity contribution < 1.29 is 78.7 Å². The number of pyridine rings is 1. The Balaban J connectivity index is 0.00000280. The number of aromatic hydroxyl groups is 2. The zero-order chi connectivity index (χ0) is 27.8. The van der Waals surface area contributed by atoms with E-state index in [9.17, 15) is 28.9 Å². The van der Waals surface area contributed by atoms with Crippen molar-refractivity contribution in [3.8, 4) is 23.0 Å². The molecule has 2 aromatic heterocycles. The number of amides is 1. The Morgan fingerprint density at radius 1 is 1.20 bits per heavy atom. The summed E-state index contributed by atoms with van der Waals surface area (Å²) in [4.78, 5) is 46.3. The predicted octanol–water partition coefficient (Wildman–Crippen LogP) is -0.696. The van der Waals surface area contributed by atoms with Crippen molar-refractivity contribution in [2.45, 2.75) is 39.7 Å². The van der Waals surface area contributed by atoms with Gasteiger partial charge in [-0.25, -0.2) is 19.3 Å². The molecule has 3 N–H and O–H groups in total.